The van der Waals surface area contributed by atoms with Crippen LogP contribution in [0.2, 0.25) is 0 Å². The fraction of sp³-hybridized carbons (Fsp3) is 0.571. The molecule has 2 nitrogen and oxygen atoms in total. The molecule has 1 heterocycles. The highest BCUT2D eigenvalue weighted by molar-refractivity contribution is 4.75. The first-order chi connectivity index (χ1) is 4.31. The van der Waals surface area contributed by atoms with Crippen molar-refractivity contribution >= 4 is 0 Å². The second-order valence-electron chi connectivity index (χ2n) is 1.89. The molecule has 2 heteroatoms. The van der Waals surface area contributed by atoms with Gasteiger partial charge in [-0.2, -0.15) is 5.10 Å². The van der Waals surface area contributed by atoms with Crippen LogP contribution < -0.4 is 0 Å². The summed E-state index contributed by atoms with van der Waals surface area (Å²) in [4.78, 5) is 0. The van der Waals surface area contributed by atoms with Crippen LogP contribution in [0.1, 0.15) is 20.3 Å². The van der Waals surface area contributed by atoms with Gasteiger partial charge in [0.2, 0.25) is 0 Å². The Morgan fingerprint density at radius 2 is 2.00 bits per heavy atom. The van der Waals surface area contributed by atoms with E-state index in [9.17, 15) is 0 Å². The molecular weight excluding hydrogens is 112 g/mol. The van der Waals surface area contributed by atoms with Gasteiger partial charge in [0.25, 0.3) is 0 Å². The quantitative estimate of drug-likeness (QED) is 0.518. The largest absolute Gasteiger partial charge is 0.276 e. The summed E-state index contributed by atoms with van der Waals surface area (Å²) < 4.78 is 1.75. The van der Waals surface area contributed by atoms with E-state index in [4.69, 9.17) is 0 Å². The number of aryl methyl sites for hydroxylation is 1. The zero-order chi connectivity index (χ0) is 7.11. The van der Waals surface area contributed by atoms with Crippen LogP contribution in [0.5, 0.6) is 0 Å². The summed E-state index contributed by atoms with van der Waals surface area (Å²) in [7, 11) is 1.89. The van der Waals surface area contributed by atoms with Crippen LogP contribution in [0, 0.1) is 0 Å². The van der Waals surface area contributed by atoms with Gasteiger partial charge in [0, 0.05) is 19.4 Å². The Hall–Kier alpha value is -0.790. The molecule has 1 rings (SSSR count). The molecule has 1 aromatic heterocycles. The van der Waals surface area contributed by atoms with Gasteiger partial charge in [0.05, 0.1) is 0 Å². The molecule has 1 aromatic rings. The van der Waals surface area contributed by atoms with Crippen LogP contribution in [0.15, 0.2) is 18.5 Å². The molecule has 0 saturated carbocycles. The smallest absolute Gasteiger partial charge is 0.0489 e. The average Bonchev–Trinajstić information content (AvgIpc) is 2.20. The van der Waals surface area contributed by atoms with Crippen LogP contribution in [0.3, 0.4) is 0 Å². The van der Waals surface area contributed by atoms with E-state index < -0.39 is 0 Å². The number of aromatic nitrogens is 2. The van der Waals surface area contributed by atoms with E-state index in [0.29, 0.717) is 0 Å². The fourth-order valence-electron chi connectivity index (χ4n) is 0.345. The van der Waals surface area contributed by atoms with Gasteiger partial charge in [-0.3, -0.25) is 4.68 Å². The molecule has 0 N–H and O–H groups in total. The molecule has 0 radical (unpaired) electrons. The molecule has 9 heavy (non-hydrogen) atoms. The predicted octanol–water partition coefficient (Wildman–Crippen LogP) is 1.84. The number of hydrogen-bond donors (Lipinski definition) is 0. The Balaban J connectivity index is 0.000000187. The minimum atomic E-state index is 1.25. The number of hydrogen-bond acceptors (Lipinski definition) is 1. The van der Waals surface area contributed by atoms with E-state index in [-0.39, 0.29) is 0 Å². The van der Waals surface area contributed by atoms with Crippen LogP contribution in [-0.4, -0.2) is 9.78 Å². The lowest BCUT2D eigenvalue weighted by molar-refractivity contribution is 0.768. The van der Waals surface area contributed by atoms with Crippen LogP contribution in [-0.2, 0) is 7.05 Å². The number of nitrogens with zero attached hydrogens (tertiary/aromatic N) is 2. The molecule has 0 aliphatic heterocycles. The van der Waals surface area contributed by atoms with Gasteiger partial charge < -0.3 is 0 Å². The molecule has 0 atom stereocenters. The van der Waals surface area contributed by atoms with Crippen molar-refractivity contribution in [3.63, 3.8) is 0 Å². The zero-order valence-corrected chi connectivity index (χ0v) is 6.33. The molecule has 0 aliphatic rings. The second kappa shape index (κ2) is 5.35. The molecule has 0 unspecified atom stereocenters. The molecule has 0 bridgehead atoms. The molecule has 0 saturated heterocycles. The Bertz CT molecular complexity index is 121. The SMILES string of the molecule is CCC.Cn1cccn1. The maximum absolute atomic E-state index is 3.83. The lowest BCUT2D eigenvalue weighted by Crippen LogP contribution is -1.83. The summed E-state index contributed by atoms with van der Waals surface area (Å²) in [5, 5.41) is 3.83. The van der Waals surface area contributed by atoms with Crippen molar-refractivity contribution in [2.75, 3.05) is 0 Å². The van der Waals surface area contributed by atoms with Gasteiger partial charge in [0.15, 0.2) is 0 Å². The lowest BCUT2D eigenvalue weighted by atomic mass is 10.6. The molecule has 0 aromatic carbocycles. The first-order valence-corrected chi connectivity index (χ1v) is 3.24. The minimum Gasteiger partial charge on any atom is -0.276 e. The van der Waals surface area contributed by atoms with E-state index in [1.165, 1.54) is 6.42 Å². The zero-order valence-electron chi connectivity index (χ0n) is 6.33. The maximum atomic E-state index is 3.83. The van der Waals surface area contributed by atoms with Crippen molar-refractivity contribution in [1.29, 1.82) is 0 Å². The third-order valence-electron chi connectivity index (χ3n) is 0.637. The highest BCUT2D eigenvalue weighted by atomic mass is 15.2. The summed E-state index contributed by atoms with van der Waals surface area (Å²) >= 11 is 0. The predicted molar refractivity (Wildman–Crippen MR) is 39.2 cm³/mol. The first-order valence-electron chi connectivity index (χ1n) is 3.24. The van der Waals surface area contributed by atoms with Crippen LogP contribution in [0.4, 0.5) is 0 Å². The van der Waals surface area contributed by atoms with Gasteiger partial charge >= 0.3 is 0 Å². The number of rotatable bonds is 0. The highest BCUT2D eigenvalue weighted by Gasteiger charge is 1.69. The van der Waals surface area contributed by atoms with Gasteiger partial charge in [-0.15, -0.1) is 0 Å². The molecule has 0 aliphatic carbocycles. The lowest BCUT2D eigenvalue weighted by Gasteiger charge is -1.77. The van der Waals surface area contributed by atoms with Gasteiger partial charge in [-0.25, -0.2) is 0 Å². The van der Waals surface area contributed by atoms with Gasteiger partial charge in [0.1, 0.15) is 0 Å². The normalized spacial score (nSPS) is 7.89. The van der Waals surface area contributed by atoms with Crippen molar-refractivity contribution in [3.8, 4) is 0 Å². The summed E-state index contributed by atoms with van der Waals surface area (Å²) in [5.41, 5.74) is 0. The summed E-state index contributed by atoms with van der Waals surface area (Å²) in [6.45, 7) is 4.25. The monoisotopic (exact) mass is 126 g/mol. The Kier molecular flexibility index (Phi) is 4.88. The average molecular weight is 126 g/mol. The first kappa shape index (κ1) is 8.21. The highest BCUT2D eigenvalue weighted by Crippen LogP contribution is 1.73. The second-order valence-corrected chi connectivity index (χ2v) is 1.89. The molecule has 0 amide bonds. The molecular formula is C7H14N2. The fourth-order valence-corrected chi connectivity index (χ4v) is 0.345. The Morgan fingerprint density at radius 3 is 2.11 bits per heavy atom. The molecule has 0 fully saturated rings. The molecule has 52 valence electrons. The van der Waals surface area contributed by atoms with Gasteiger partial charge in [-0.05, 0) is 6.07 Å². The Labute approximate surface area is 56.5 Å². The van der Waals surface area contributed by atoms with Crippen molar-refractivity contribution in [2.24, 2.45) is 7.05 Å². The third kappa shape index (κ3) is 5.07. The standard InChI is InChI=1S/C4H6N2.C3H8/c1-6-4-2-3-5-6;1-3-2/h2-4H,1H3;3H2,1-2H3. The third-order valence-corrected chi connectivity index (χ3v) is 0.637. The van der Waals surface area contributed by atoms with E-state index >= 15 is 0 Å². The Morgan fingerprint density at radius 1 is 1.44 bits per heavy atom. The topological polar surface area (TPSA) is 17.8 Å². The maximum Gasteiger partial charge on any atom is 0.0489 e. The summed E-state index contributed by atoms with van der Waals surface area (Å²) in [5.74, 6) is 0. The van der Waals surface area contributed by atoms with E-state index in [2.05, 4.69) is 18.9 Å². The van der Waals surface area contributed by atoms with Gasteiger partial charge in [-0.1, -0.05) is 20.3 Å². The summed E-state index contributed by atoms with van der Waals surface area (Å²) in [6.07, 6.45) is 4.89. The van der Waals surface area contributed by atoms with Crippen molar-refractivity contribution in [3.05, 3.63) is 18.5 Å². The van der Waals surface area contributed by atoms with E-state index in [0.717, 1.165) is 0 Å². The summed E-state index contributed by atoms with van der Waals surface area (Å²) in [6, 6.07) is 1.89. The van der Waals surface area contributed by atoms with Crippen molar-refractivity contribution in [1.82, 2.24) is 9.78 Å². The van der Waals surface area contributed by atoms with E-state index in [1.54, 1.807) is 10.9 Å². The molecule has 0 spiro atoms. The minimum absolute atomic E-state index is 1.25. The van der Waals surface area contributed by atoms with Crippen LogP contribution in [0.25, 0.3) is 0 Å². The van der Waals surface area contributed by atoms with Crippen molar-refractivity contribution in [2.45, 2.75) is 20.3 Å². The van der Waals surface area contributed by atoms with Crippen LogP contribution >= 0.6 is 0 Å². The van der Waals surface area contributed by atoms with E-state index in [1.807, 2.05) is 19.3 Å². The van der Waals surface area contributed by atoms with Crippen molar-refractivity contribution < 1.29 is 0 Å².